The van der Waals surface area contributed by atoms with E-state index in [1.165, 1.54) is 0 Å². The van der Waals surface area contributed by atoms with Crippen molar-refractivity contribution in [1.29, 1.82) is 0 Å². The maximum absolute atomic E-state index is 10.3. The van der Waals surface area contributed by atoms with Gasteiger partial charge >= 0.3 is 10.4 Å². The zero-order chi connectivity index (χ0) is 9.03. The Kier molecular flexibility index (Phi) is 3.25. The normalized spacial score (nSPS) is 25.2. The van der Waals surface area contributed by atoms with E-state index in [2.05, 4.69) is 4.18 Å². The molecule has 1 unspecified atom stereocenters. The molecule has 1 N–H and O–H groups in total. The van der Waals surface area contributed by atoms with Gasteiger partial charge in [-0.05, 0) is 19.3 Å². The second kappa shape index (κ2) is 4.02. The molecule has 0 aromatic rings. The van der Waals surface area contributed by atoms with Crippen LogP contribution in [0.5, 0.6) is 0 Å². The van der Waals surface area contributed by atoms with Crippen molar-refractivity contribution in [2.45, 2.75) is 31.8 Å². The molecule has 0 aromatic carbocycles. The Labute approximate surface area is 72.2 Å². The Bertz CT molecular complexity index is 255. The molecule has 1 atom stereocenters. The SMILES string of the molecule is O=S(=O)(O)OC1C=CCCCC1. The number of rotatable bonds is 2. The van der Waals surface area contributed by atoms with Crippen molar-refractivity contribution < 1.29 is 17.2 Å². The van der Waals surface area contributed by atoms with E-state index in [1.807, 2.05) is 6.08 Å². The van der Waals surface area contributed by atoms with E-state index in [1.54, 1.807) is 6.08 Å². The molecule has 1 rings (SSSR count). The van der Waals surface area contributed by atoms with E-state index in [4.69, 9.17) is 4.55 Å². The van der Waals surface area contributed by atoms with Crippen LogP contribution in [0.4, 0.5) is 0 Å². The molecule has 4 nitrogen and oxygen atoms in total. The summed E-state index contributed by atoms with van der Waals surface area (Å²) in [6, 6.07) is 0. The summed E-state index contributed by atoms with van der Waals surface area (Å²) in [4.78, 5) is 0. The monoisotopic (exact) mass is 192 g/mol. The second-order valence-corrected chi connectivity index (χ2v) is 3.82. The molecule has 0 amide bonds. The van der Waals surface area contributed by atoms with E-state index >= 15 is 0 Å². The van der Waals surface area contributed by atoms with E-state index < -0.39 is 16.5 Å². The molecular formula is C7H12O4S. The van der Waals surface area contributed by atoms with Gasteiger partial charge in [-0.2, -0.15) is 8.42 Å². The molecule has 5 heteroatoms. The van der Waals surface area contributed by atoms with E-state index in [0.717, 1.165) is 19.3 Å². The molecule has 1 aliphatic carbocycles. The highest BCUT2D eigenvalue weighted by Gasteiger charge is 2.14. The minimum atomic E-state index is -4.29. The lowest BCUT2D eigenvalue weighted by Gasteiger charge is -2.07. The average Bonchev–Trinajstić information content (AvgIpc) is 2.12. The van der Waals surface area contributed by atoms with Crippen LogP contribution in [0.2, 0.25) is 0 Å². The number of hydrogen-bond acceptors (Lipinski definition) is 3. The van der Waals surface area contributed by atoms with Gasteiger partial charge in [0.2, 0.25) is 0 Å². The van der Waals surface area contributed by atoms with Gasteiger partial charge in [-0.3, -0.25) is 4.55 Å². The lowest BCUT2D eigenvalue weighted by Crippen LogP contribution is -2.14. The van der Waals surface area contributed by atoms with Crippen molar-refractivity contribution in [2.24, 2.45) is 0 Å². The Morgan fingerprint density at radius 1 is 1.42 bits per heavy atom. The third kappa shape index (κ3) is 3.85. The van der Waals surface area contributed by atoms with Gasteiger partial charge in [-0.25, -0.2) is 4.18 Å². The molecule has 0 heterocycles. The quantitative estimate of drug-likeness (QED) is 0.529. The summed E-state index contributed by atoms with van der Waals surface area (Å²) in [7, 11) is -4.29. The first-order chi connectivity index (χ1) is 5.58. The highest BCUT2D eigenvalue weighted by atomic mass is 32.3. The third-order valence-corrected chi connectivity index (χ3v) is 2.20. The Morgan fingerprint density at radius 2 is 2.17 bits per heavy atom. The summed E-state index contributed by atoms with van der Waals surface area (Å²) in [5, 5.41) is 0. The van der Waals surface area contributed by atoms with Gasteiger partial charge in [-0.15, -0.1) is 0 Å². The molecule has 70 valence electrons. The van der Waals surface area contributed by atoms with E-state index in [9.17, 15) is 8.42 Å². The van der Waals surface area contributed by atoms with Crippen LogP contribution in [-0.2, 0) is 14.6 Å². The zero-order valence-corrected chi connectivity index (χ0v) is 7.46. The summed E-state index contributed by atoms with van der Waals surface area (Å²) in [5.74, 6) is 0. The van der Waals surface area contributed by atoms with Crippen LogP contribution in [-0.4, -0.2) is 19.1 Å². The molecular weight excluding hydrogens is 180 g/mol. The van der Waals surface area contributed by atoms with Crippen molar-refractivity contribution in [2.75, 3.05) is 0 Å². The molecule has 0 radical (unpaired) electrons. The maximum Gasteiger partial charge on any atom is 0.397 e. The molecule has 0 saturated heterocycles. The van der Waals surface area contributed by atoms with Crippen molar-refractivity contribution in [3.63, 3.8) is 0 Å². The largest absolute Gasteiger partial charge is 0.397 e. The smallest absolute Gasteiger partial charge is 0.264 e. The van der Waals surface area contributed by atoms with Gasteiger partial charge in [0, 0.05) is 0 Å². The van der Waals surface area contributed by atoms with Crippen LogP contribution >= 0.6 is 0 Å². The lowest BCUT2D eigenvalue weighted by molar-refractivity contribution is 0.210. The number of hydrogen-bond donors (Lipinski definition) is 1. The first kappa shape index (κ1) is 9.70. The fourth-order valence-electron chi connectivity index (χ4n) is 1.19. The molecule has 0 aromatic heterocycles. The lowest BCUT2D eigenvalue weighted by atomic mass is 10.2. The minimum Gasteiger partial charge on any atom is -0.264 e. The van der Waals surface area contributed by atoms with E-state index in [0.29, 0.717) is 6.42 Å². The topological polar surface area (TPSA) is 63.6 Å². The van der Waals surface area contributed by atoms with Gasteiger partial charge in [0.25, 0.3) is 0 Å². The van der Waals surface area contributed by atoms with Crippen molar-refractivity contribution in [3.05, 3.63) is 12.2 Å². The third-order valence-electron chi connectivity index (χ3n) is 1.71. The Hall–Kier alpha value is -0.390. The van der Waals surface area contributed by atoms with Gasteiger partial charge in [-0.1, -0.05) is 18.6 Å². The van der Waals surface area contributed by atoms with E-state index in [-0.39, 0.29) is 0 Å². The Balaban J connectivity index is 2.51. The molecule has 0 fully saturated rings. The van der Waals surface area contributed by atoms with Crippen molar-refractivity contribution >= 4 is 10.4 Å². The predicted molar refractivity (Wildman–Crippen MR) is 44.0 cm³/mol. The van der Waals surface area contributed by atoms with Gasteiger partial charge in [0.1, 0.15) is 0 Å². The molecule has 0 spiro atoms. The van der Waals surface area contributed by atoms with Crippen LogP contribution in [0.25, 0.3) is 0 Å². The van der Waals surface area contributed by atoms with Crippen LogP contribution in [0.15, 0.2) is 12.2 Å². The predicted octanol–water partition coefficient (Wildman–Crippen LogP) is 1.30. The summed E-state index contributed by atoms with van der Waals surface area (Å²) in [5.41, 5.74) is 0. The van der Waals surface area contributed by atoms with Crippen molar-refractivity contribution in [3.8, 4) is 0 Å². The van der Waals surface area contributed by atoms with Gasteiger partial charge in [0.15, 0.2) is 0 Å². The maximum atomic E-state index is 10.3. The van der Waals surface area contributed by atoms with Gasteiger partial charge in [0.05, 0.1) is 6.10 Å². The number of allylic oxidation sites excluding steroid dienone is 1. The van der Waals surface area contributed by atoms with Gasteiger partial charge < -0.3 is 0 Å². The summed E-state index contributed by atoms with van der Waals surface area (Å²) >= 11 is 0. The molecule has 0 saturated carbocycles. The summed E-state index contributed by atoms with van der Waals surface area (Å²) in [6.45, 7) is 0. The average molecular weight is 192 g/mol. The molecule has 1 aliphatic rings. The molecule has 0 bridgehead atoms. The highest BCUT2D eigenvalue weighted by molar-refractivity contribution is 7.80. The van der Waals surface area contributed by atoms with Crippen LogP contribution in [0.3, 0.4) is 0 Å². The zero-order valence-electron chi connectivity index (χ0n) is 6.64. The first-order valence-electron chi connectivity index (χ1n) is 3.90. The van der Waals surface area contributed by atoms with Crippen LogP contribution < -0.4 is 0 Å². The first-order valence-corrected chi connectivity index (χ1v) is 5.27. The Morgan fingerprint density at radius 3 is 2.83 bits per heavy atom. The fraction of sp³-hybridized carbons (Fsp3) is 0.714. The minimum absolute atomic E-state index is 0.484. The highest BCUT2D eigenvalue weighted by Crippen LogP contribution is 2.14. The molecule has 0 aliphatic heterocycles. The fourth-order valence-corrected chi connectivity index (χ4v) is 1.66. The summed E-state index contributed by atoms with van der Waals surface area (Å²) in [6.07, 6.45) is 6.64. The second-order valence-electron chi connectivity index (χ2n) is 2.78. The summed E-state index contributed by atoms with van der Waals surface area (Å²) < 4.78 is 33.4. The molecule has 12 heavy (non-hydrogen) atoms. The van der Waals surface area contributed by atoms with Crippen LogP contribution in [0, 0.1) is 0 Å². The van der Waals surface area contributed by atoms with Crippen LogP contribution in [0.1, 0.15) is 25.7 Å². The standard InChI is InChI=1S/C7H12O4S/c8-12(9,10)11-7-5-3-1-2-4-6-7/h3,5,7H,1-2,4,6H2,(H,8,9,10). The van der Waals surface area contributed by atoms with Crippen molar-refractivity contribution in [1.82, 2.24) is 0 Å².